The smallest absolute Gasteiger partial charge is 0.368 e. The van der Waals surface area contributed by atoms with E-state index in [9.17, 15) is 13.2 Å². The number of halogens is 3. The van der Waals surface area contributed by atoms with Crippen molar-refractivity contribution in [2.24, 2.45) is 0 Å². The maximum Gasteiger partial charge on any atom is 0.417 e. The molecular formula is C18H21F3N4. The van der Waals surface area contributed by atoms with Crippen LogP contribution in [0.2, 0.25) is 0 Å². The quantitative estimate of drug-likeness (QED) is 0.918. The van der Waals surface area contributed by atoms with Crippen LogP contribution in [-0.2, 0) is 12.7 Å². The van der Waals surface area contributed by atoms with E-state index in [1.807, 2.05) is 24.1 Å². The summed E-state index contributed by atoms with van der Waals surface area (Å²) in [4.78, 5) is 8.33. The highest BCUT2D eigenvalue weighted by atomic mass is 19.4. The number of aromatic nitrogens is 1. The van der Waals surface area contributed by atoms with Gasteiger partial charge in [-0.3, -0.25) is 0 Å². The lowest BCUT2D eigenvalue weighted by Crippen LogP contribution is -2.47. The molecule has 0 bridgehead atoms. The third kappa shape index (κ3) is 4.04. The zero-order chi connectivity index (χ0) is 17.9. The van der Waals surface area contributed by atoms with Crippen LogP contribution in [0.1, 0.15) is 11.1 Å². The van der Waals surface area contributed by atoms with Crippen molar-refractivity contribution in [2.75, 3.05) is 43.0 Å². The molecule has 4 nitrogen and oxygen atoms in total. The summed E-state index contributed by atoms with van der Waals surface area (Å²) in [5.74, 6) is 0.594. The van der Waals surface area contributed by atoms with Crippen molar-refractivity contribution in [3.63, 3.8) is 0 Å². The van der Waals surface area contributed by atoms with Gasteiger partial charge in [0.05, 0.1) is 5.56 Å². The van der Waals surface area contributed by atoms with E-state index in [-0.39, 0.29) is 0 Å². The second-order valence-corrected chi connectivity index (χ2v) is 6.04. The first-order valence-electron chi connectivity index (χ1n) is 8.24. The first kappa shape index (κ1) is 17.5. The number of hydrogen-bond donors (Lipinski definition) is 1. The van der Waals surface area contributed by atoms with Crippen LogP contribution in [0.4, 0.5) is 24.7 Å². The van der Waals surface area contributed by atoms with Crippen LogP contribution >= 0.6 is 0 Å². The predicted molar refractivity (Wildman–Crippen MR) is 92.9 cm³/mol. The Morgan fingerprint density at radius 2 is 1.68 bits per heavy atom. The van der Waals surface area contributed by atoms with Gasteiger partial charge in [0.15, 0.2) is 0 Å². The third-order valence-electron chi connectivity index (χ3n) is 4.38. The highest BCUT2D eigenvalue weighted by molar-refractivity contribution is 5.55. The Balaban J connectivity index is 1.66. The molecule has 1 aliphatic rings. The molecule has 0 spiro atoms. The van der Waals surface area contributed by atoms with E-state index in [2.05, 4.69) is 27.3 Å². The summed E-state index contributed by atoms with van der Waals surface area (Å²) < 4.78 is 37.9. The summed E-state index contributed by atoms with van der Waals surface area (Å²) >= 11 is 0. The zero-order valence-corrected chi connectivity index (χ0v) is 14.1. The molecule has 2 aromatic rings. The van der Waals surface area contributed by atoms with Gasteiger partial charge < -0.3 is 15.1 Å². The highest BCUT2D eigenvalue weighted by Gasteiger charge is 2.31. The van der Waals surface area contributed by atoms with Gasteiger partial charge >= 0.3 is 6.18 Å². The molecule has 1 aromatic heterocycles. The summed E-state index contributed by atoms with van der Waals surface area (Å²) in [6.45, 7) is 3.88. The van der Waals surface area contributed by atoms with E-state index < -0.39 is 11.7 Å². The minimum atomic E-state index is -4.35. The van der Waals surface area contributed by atoms with Gasteiger partial charge in [-0.15, -0.1) is 0 Å². The van der Waals surface area contributed by atoms with Crippen LogP contribution in [0.3, 0.4) is 0 Å². The summed E-state index contributed by atoms with van der Waals surface area (Å²) in [7, 11) is 1.92. The first-order chi connectivity index (χ1) is 12.0. The summed E-state index contributed by atoms with van der Waals surface area (Å²) in [5.41, 5.74) is 1.74. The summed E-state index contributed by atoms with van der Waals surface area (Å²) in [6.07, 6.45) is -3.44. The Hall–Kier alpha value is -2.28. The van der Waals surface area contributed by atoms with Gasteiger partial charge in [-0.1, -0.05) is 18.2 Å². The Morgan fingerprint density at radius 1 is 1.00 bits per heavy atom. The molecule has 1 fully saturated rings. The third-order valence-corrected chi connectivity index (χ3v) is 4.38. The fourth-order valence-corrected chi connectivity index (χ4v) is 3.08. The van der Waals surface area contributed by atoms with E-state index in [0.717, 1.165) is 45.0 Å². The number of hydrogen-bond acceptors (Lipinski definition) is 4. The molecule has 3 rings (SSSR count). The predicted octanol–water partition coefficient (Wildman–Crippen LogP) is 3.15. The van der Waals surface area contributed by atoms with E-state index in [1.165, 1.54) is 17.3 Å². The fourth-order valence-electron chi connectivity index (χ4n) is 3.08. The van der Waals surface area contributed by atoms with Crippen molar-refractivity contribution < 1.29 is 13.2 Å². The molecule has 0 atom stereocenters. The first-order valence-corrected chi connectivity index (χ1v) is 8.24. The van der Waals surface area contributed by atoms with Crippen LogP contribution in [0.5, 0.6) is 0 Å². The molecule has 0 saturated carbocycles. The minimum absolute atomic E-state index is 0.594. The Kier molecular flexibility index (Phi) is 5.13. The van der Waals surface area contributed by atoms with Crippen LogP contribution in [0.25, 0.3) is 0 Å². The van der Waals surface area contributed by atoms with Crippen molar-refractivity contribution >= 4 is 11.5 Å². The van der Waals surface area contributed by atoms with E-state index in [4.69, 9.17) is 0 Å². The van der Waals surface area contributed by atoms with Gasteiger partial charge in [0, 0.05) is 44.6 Å². The molecule has 25 heavy (non-hydrogen) atoms. The Labute approximate surface area is 145 Å². The molecular weight excluding hydrogens is 329 g/mol. The lowest BCUT2D eigenvalue weighted by molar-refractivity contribution is -0.137. The monoisotopic (exact) mass is 350 g/mol. The number of alkyl halides is 3. The number of piperazine rings is 1. The lowest BCUT2D eigenvalue weighted by Gasteiger charge is -2.37. The average molecular weight is 350 g/mol. The van der Waals surface area contributed by atoms with Crippen molar-refractivity contribution in [2.45, 2.75) is 12.7 Å². The van der Waals surface area contributed by atoms with Gasteiger partial charge in [0.25, 0.3) is 0 Å². The molecule has 1 aromatic carbocycles. The SMILES string of the molecule is CNCc1ccccc1N1CCN(c2ccc(C(F)(F)F)cn2)CC1. The molecule has 1 N–H and O–H groups in total. The van der Waals surface area contributed by atoms with E-state index in [1.54, 1.807) is 0 Å². The molecule has 7 heteroatoms. The van der Waals surface area contributed by atoms with Gasteiger partial charge in [-0.2, -0.15) is 13.2 Å². The molecule has 1 saturated heterocycles. The number of pyridine rings is 1. The molecule has 1 aliphatic heterocycles. The van der Waals surface area contributed by atoms with E-state index in [0.29, 0.717) is 5.82 Å². The molecule has 134 valence electrons. The van der Waals surface area contributed by atoms with Gasteiger partial charge in [-0.05, 0) is 30.8 Å². The number of benzene rings is 1. The maximum atomic E-state index is 12.6. The number of anilines is 2. The number of rotatable bonds is 4. The Morgan fingerprint density at radius 3 is 2.28 bits per heavy atom. The van der Waals surface area contributed by atoms with Gasteiger partial charge in [0.1, 0.15) is 5.82 Å². The molecule has 0 radical (unpaired) electrons. The van der Waals surface area contributed by atoms with Gasteiger partial charge in [-0.25, -0.2) is 4.98 Å². The van der Waals surface area contributed by atoms with Crippen molar-refractivity contribution in [3.05, 3.63) is 53.7 Å². The van der Waals surface area contributed by atoms with Crippen LogP contribution < -0.4 is 15.1 Å². The van der Waals surface area contributed by atoms with Crippen molar-refractivity contribution in [1.29, 1.82) is 0 Å². The second kappa shape index (κ2) is 7.31. The molecule has 0 unspecified atom stereocenters. The van der Waals surface area contributed by atoms with Crippen LogP contribution in [0, 0.1) is 0 Å². The van der Waals surface area contributed by atoms with E-state index >= 15 is 0 Å². The number of para-hydroxylation sites is 1. The van der Waals surface area contributed by atoms with Crippen LogP contribution in [0.15, 0.2) is 42.6 Å². The average Bonchev–Trinajstić information content (AvgIpc) is 2.62. The van der Waals surface area contributed by atoms with Crippen LogP contribution in [-0.4, -0.2) is 38.2 Å². The largest absolute Gasteiger partial charge is 0.417 e. The molecule has 0 aliphatic carbocycles. The Bertz CT molecular complexity index is 692. The number of nitrogens with one attached hydrogen (secondary N) is 1. The highest BCUT2D eigenvalue weighted by Crippen LogP contribution is 2.30. The topological polar surface area (TPSA) is 31.4 Å². The summed E-state index contributed by atoms with van der Waals surface area (Å²) in [5, 5.41) is 3.18. The normalized spacial score (nSPS) is 15.5. The standard InChI is InChI=1S/C18H21F3N4/c1-22-12-14-4-2-3-5-16(14)24-8-10-25(11-9-24)17-7-6-15(13-23-17)18(19,20)21/h2-7,13,22H,8-12H2,1H3. The summed E-state index contributed by atoms with van der Waals surface area (Å²) in [6, 6.07) is 10.8. The fraction of sp³-hybridized carbons (Fsp3) is 0.389. The van der Waals surface area contributed by atoms with Crippen molar-refractivity contribution in [1.82, 2.24) is 10.3 Å². The maximum absolute atomic E-state index is 12.6. The number of nitrogens with zero attached hydrogens (tertiary/aromatic N) is 3. The minimum Gasteiger partial charge on any atom is -0.368 e. The second-order valence-electron chi connectivity index (χ2n) is 6.04. The van der Waals surface area contributed by atoms with Gasteiger partial charge in [0.2, 0.25) is 0 Å². The molecule has 0 amide bonds. The zero-order valence-electron chi connectivity index (χ0n) is 14.1. The lowest BCUT2D eigenvalue weighted by atomic mass is 10.1. The molecule has 2 heterocycles. The van der Waals surface area contributed by atoms with Crippen molar-refractivity contribution in [3.8, 4) is 0 Å².